The third-order valence-electron chi connectivity index (χ3n) is 3.14. The molecule has 1 atom stereocenters. The first-order valence-electron chi connectivity index (χ1n) is 6.63. The average Bonchev–Trinajstić information content (AvgIpc) is 2.47. The van der Waals surface area contributed by atoms with E-state index >= 15 is 0 Å². The van der Waals surface area contributed by atoms with Crippen LogP contribution in [0.4, 0.5) is 0 Å². The number of carbonyl (C=O) groups is 1. The minimum Gasteiger partial charge on any atom is -0.489 e. The molecule has 0 heterocycles. The summed E-state index contributed by atoms with van der Waals surface area (Å²) in [7, 11) is 0. The maximum Gasteiger partial charge on any atom is 0.306 e. The fraction of sp³-hybridized carbons (Fsp3) is 0.235. The zero-order valence-electron chi connectivity index (χ0n) is 11.5. The van der Waals surface area contributed by atoms with Gasteiger partial charge in [0.15, 0.2) is 0 Å². The third kappa shape index (κ3) is 4.12. The van der Waals surface area contributed by atoms with E-state index in [9.17, 15) is 4.79 Å². The maximum atomic E-state index is 10.8. The molecule has 0 bridgehead atoms. The predicted molar refractivity (Wildman–Crippen MR) is 77.7 cm³/mol. The summed E-state index contributed by atoms with van der Waals surface area (Å²) in [5.41, 5.74) is 2.13. The zero-order valence-corrected chi connectivity index (χ0v) is 11.5. The van der Waals surface area contributed by atoms with E-state index in [1.165, 1.54) is 0 Å². The highest BCUT2D eigenvalue weighted by atomic mass is 16.5. The van der Waals surface area contributed by atoms with Crippen molar-refractivity contribution >= 4 is 5.97 Å². The average molecular weight is 270 g/mol. The van der Waals surface area contributed by atoms with Gasteiger partial charge < -0.3 is 9.84 Å². The molecule has 0 aliphatic carbocycles. The Hall–Kier alpha value is -2.29. The fourth-order valence-corrected chi connectivity index (χ4v) is 1.90. The quantitative estimate of drug-likeness (QED) is 0.873. The van der Waals surface area contributed by atoms with Gasteiger partial charge in [0.1, 0.15) is 12.4 Å². The summed E-state index contributed by atoms with van der Waals surface area (Å²) in [6.07, 6.45) is 0.536. The van der Waals surface area contributed by atoms with Gasteiger partial charge in [-0.1, -0.05) is 49.4 Å². The molecule has 104 valence electrons. The summed E-state index contributed by atoms with van der Waals surface area (Å²) in [4.78, 5) is 10.8. The van der Waals surface area contributed by atoms with Gasteiger partial charge in [-0.25, -0.2) is 0 Å². The fourth-order valence-electron chi connectivity index (χ4n) is 1.90. The van der Waals surface area contributed by atoms with Gasteiger partial charge in [0.2, 0.25) is 0 Å². The molecule has 2 rings (SSSR count). The lowest BCUT2D eigenvalue weighted by molar-refractivity contribution is -0.141. The lowest BCUT2D eigenvalue weighted by atomic mass is 10.0. The molecule has 1 N–H and O–H groups in total. The monoisotopic (exact) mass is 270 g/mol. The first-order valence-corrected chi connectivity index (χ1v) is 6.63. The summed E-state index contributed by atoms with van der Waals surface area (Å²) >= 11 is 0. The van der Waals surface area contributed by atoms with Crippen LogP contribution in [0, 0.1) is 5.92 Å². The van der Waals surface area contributed by atoms with Crippen LogP contribution in [0.3, 0.4) is 0 Å². The molecule has 20 heavy (non-hydrogen) atoms. The van der Waals surface area contributed by atoms with Crippen molar-refractivity contribution in [1.82, 2.24) is 0 Å². The second-order valence-corrected chi connectivity index (χ2v) is 4.86. The summed E-state index contributed by atoms with van der Waals surface area (Å²) in [6, 6.07) is 17.6. The van der Waals surface area contributed by atoms with Crippen LogP contribution in [0.25, 0.3) is 0 Å². The number of aliphatic carboxylic acids is 1. The van der Waals surface area contributed by atoms with Crippen molar-refractivity contribution in [2.24, 2.45) is 5.92 Å². The Morgan fingerprint density at radius 3 is 2.30 bits per heavy atom. The molecule has 2 aromatic carbocycles. The Morgan fingerprint density at radius 1 is 1.05 bits per heavy atom. The van der Waals surface area contributed by atoms with Crippen LogP contribution in [0.1, 0.15) is 18.1 Å². The maximum absolute atomic E-state index is 10.8. The zero-order chi connectivity index (χ0) is 14.4. The van der Waals surface area contributed by atoms with Gasteiger partial charge in [-0.05, 0) is 29.7 Å². The third-order valence-corrected chi connectivity index (χ3v) is 3.14. The molecule has 0 saturated carbocycles. The number of ether oxygens (including phenoxy) is 1. The van der Waals surface area contributed by atoms with Gasteiger partial charge in [-0.2, -0.15) is 0 Å². The molecule has 0 amide bonds. The minimum atomic E-state index is -0.769. The van der Waals surface area contributed by atoms with E-state index in [0.717, 1.165) is 16.9 Å². The van der Waals surface area contributed by atoms with E-state index in [2.05, 4.69) is 0 Å². The summed E-state index contributed by atoms with van der Waals surface area (Å²) < 4.78 is 5.68. The Bertz CT molecular complexity index is 546. The normalized spacial score (nSPS) is 11.8. The highest BCUT2D eigenvalue weighted by Crippen LogP contribution is 2.16. The highest BCUT2D eigenvalue weighted by Gasteiger charge is 2.11. The van der Waals surface area contributed by atoms with Crippen molar-refractivity contribution in [1.29, 1.82) is 0 Å². The van der Waals surface area contributed by atoms with Crippen molar-refractivity contribution in [2.75, 3.05) is 0 Å². The Balaban J connectivity index is 1.90. The van der Waals surface area contributed by atoms with Gasteiger partial charge in [0.25, 0.3) is 0 Å². The molecule has 1 unspecified atom stereocenters. The number of benzene rings is 2. The van der Waals surface area contributed by atoms with Crippen molar-refractivity contribution in [3.63, 3.8) is 0 Å². The van der Waals surface area contributed by atoms with Crippen LogP contribution >= 0.6 is 0 Å². The summed E-state index contributed by atoms with van der Waals surface area (Å²) in [6.45, 7) is 2.24. The number of hydrogen-bond acceptors (Lipinski definition) is 2. The number of carboxylic acid groups (broad SMARTS) is 1. The highest BCUT2D eigenvalue weighted by molar-refractivity contribution is 5.69. The molecule has 0 saturated heterocycles. The number of rotatable bonds is 6. The van der Waals surface area contributed by atoms with E-state index in [1.807, 2.05) is 54.6 Å². The van der Waals surface area contributed by atoms with E-state index < -0.39 is 5.97 Å². The van der Waals surface area contributed by atoms with Crippen LogP contribution in [0.2, 0.25) is 0 Å². The molecular weight excluding hydrogens is 252 g/mol. The van der Waals surface area contributed by atoms with Crippen LogP contribution < -0.4 is 4.74 Å². The summed E-state index contributed by atoms with van der Waals surface area (Å²) in [5, 5.41) is 8.88. The molecule has 0 aliphatic rings. The van der Waals surface area contributed by atoms with Crippen molar-refractivity contribution < 1.29 is 14.6 Å². The van der Waals surface area contributed by atoms with E-state index in [4.69, 9.17) is 9.84 Å². The number of hydrogen-bond donors (Lipinski definition) is 1. The van der Waals surface area contributed by atoms with Crippen LogP contribution in [0.15, 0.2) is 54.6 Å². The largest absolute Gasteiger partial charge is 0.489 e. The van der Waals surface area contributed by atoms with Crippen molar-refractivity contribution in [3.05, 3.63) is 65.7 Å². The molecule has 0 spiro atoms. The topological polar surface area (TPSA) is 46.5 Å². The first kappa shape index (κ1) is 14.1. The van der Waals surface area contributed by atoms with Gasteiger partial charge in [-0.15, -0.1) is 0 Å². The molecule has 0 fully saturated rings. The molecule has 0 aromatic heterocycles. The number of carboxylic acids is 1. The smallest absolute Gasteiger partial charge is 0.306 e. The van der Waals surface area contributed by atoms with Crippen LogP contribution in [0.5, 0.6) is 5.75 Å². The molecule has 3 nitrogen and oxygen atoms in total. The van der Waals surface area contributed by atoms with E-state index in [-0.39, 0.29) is 5.92 Å². The van der Waals surface area contributed by atoms with Gasteiger partial charge in [0, 0.05) is 0 Å². The minimum absolute atomic E-state index is 0.369. The first-order chi connectivity index (χ1) is 9.65. The van der Waals surface area contributed by atoms with Gasteiger partial charge >= 0.3 is 5.97 Å². The Morgan fingerprint density at radius 2 is 1.70 bits per heavy atom. The Kier molecular flexibility index (Phi) is 4.77. The summed E-state index contributed by atoms with van der Waals surface area (Å²) in [5.74, 6) is -0.346. The molecule has 2 aromatic rings. The second kappa shape index (κ2) is 6.75. The lowest BCUT2D eigenvalue weighted by Gasteiger charge is -2.09. The van der Waals surface area contributed by atoms with E-state index in [1.54, 1.807) is 6.92 Å². The van der Waals surface area contributed by atoms with Crippen LogP contribution in [-0.4, -0.2) is 11.1 Å². The van der Waals surface area contributed by atoms with E-state index in [0.29, 0.717) is 13.0 Å². The molecular formula is C17H18O3. The van der Waals surface area contributed by atoms with Gasteiger partial charge in [-0.3, -0.25) is 4.79 Å². The standard InChI is InChI=1S/C17H18O3/c1-13(17(18)19)11-14-7-9-16(10-8-14)20-12-15-5-3-2-4-6-15/h2-10,13H,11-12H2,1H3,(H,18,19). The molecule has 0 radical (unpaired) electrons. The second-order valence-electron chi connectivity index (χ2n) is 4.86. The molecule has 3 heteroatoms. The SMILES string of the molecule is CC(Cc1ccc(OCc2ccccc2)cc1)C(=O)O. The van der Waals surface area contributed by atoms with Crippen molar-refractivity contribution in [3.8, 4) is 5.75 Å². The van der Waals surface area contributed by atoms with Crippen LogP contribution in [-0.2, 0) is 17.8 Å². The lowest BCUT2D eigenvalue weighted by Crippen LogP contribution is -2.12. The van der Waals surface area contributed by atoms with Crippen molar-refractivity contribution in [2.45, 2.75) is 20.0 Å². The predicted octanol–water partition coefficient (Wildman–Crippen LogP) is 3.53. The Labute approximate surface area is 118 Å². The molecule has 0 aliphatic heterocycles. The van der Waals surface area contributed by atoms with Gasteiger partial charge in [0.05, 0.1) is 5.92 Å².